The van der Waals surface area contributed by atoms with Crippen molar-refractivity contribution in [1.29, 1.82) is 5.26 Å². The van der Waals surface area contributed by atoms with Gasteiger partial charge in [-0.3, -0.25) is 0 Å². The number of fused-ring (bicyclic) bond motifs is 1. The minimum atomic E-state index is -5.08. The number of carbonyl (C=O) groups is 1. The lowest BCUT2D eigenvalue weighted by molar-refractivity contribution is -0.192. The van der Waals surface area contributed by atoms with Crippen molar-refractivity contribution in [2.75, 3.05) is 37.7 Å². The Morgan fingerprint density at radius 3 is 2.55 bits per heavy atom. The predicted octanol–water partition coefficient (Wildman–Crippen LogP) is 2.71. The lowest BCUT2D eigenvalue weighted by Gasteiger charge is -2.28. The van der Waals surface area contributed by atoms with Crippen LogP contribution in [0.2, 0.25) is 0 Å². The summed E-state index contributed by atoms with van der Waals surface area (Å²) in [5.74, 6) is -1.07. The Bertz CT molecular complexity index is 1150. The molecular weight excluding hydrogens is 441 g/mol. The molecule has 33 heavy (non-hydrogen) atoms. The van der Waals surface area contributed by atoms with Crippen LogP contribution in [0.1, 0.15) is 12.5 Å². The molecule has 0 bridgehead atoms. The zero-order valence-electron chi connectivity index (χ0n) is 17.6. The van der Waals surface area contributed by atoms with Crippen LogP contribution in [-0.2, 0) is 4.79 Å². The maximum atomic E-state index is 10.6. The first-order valence-electron chi connectivity index (χ1n) is 10.0. The highest BCUT2D eigenvalue weighted by Gasteiger charge is 2.38. The number of pyridine rings is 2. The van der Waals surface area contributed by atoms with Gasteiger partial charge in [-0.2, -0.15) is 23.5 Å². The molecule has 1 aliphatic rings. The second-order valence-electron chi connectivity index (χ2n) is 6.93. The molecule has 0 aliphatic carbocycles. The fourth-order valence-corrected chi connectivity index (χ4v) is 3.27. The van der Waals surface area contributed by atoms with Gasteiger partial charge < -0.3 is 20.1 Å². The number of piperazine rings is 1. The molecule has 0 aromatic carbocycles. The standard InChI is InChI=1S/C19H20N6O.C2HF3O2/c1-2-26-16-9-17(19-15(10-20)12-23-25(19)13-16)14-3-4-18(22-11-14)24-7-5-21-6-8-24;3-2(4,5)1(6)7/h3-4,9,11-13,21H,2,5-8H2,1H3;(H,6,7). The first kappa shape index (κ1) is 23.8. The highest BCUT2D eigenvalue weighted by molar-refractivity contribution is 5.85. The van der Waals surface area contributed by atoms with Gasteiger partial charge in [0.1, 0.15) is 17.6 Å². The second-order valence-corrected chi connectivity index (χ2v) is 6.93. The molecule has 3 aromatic rings. The van der Waals surface area contributed by atoms with Crippen molar-refractivity contribution in [2.45, 2.75) is 13.1 Å². The van der Waals surface area contributed by atoms with E-state index in [9.17, 15) is 18.4 Å². The average molecular weight is 462 g/mol. The number of aliphatic carboxylic acids is 1. The highest BCUT2D eigenvalue weighted by atomic mass is 19.4. The summed E-state index contributed by atoms with van der Waals surface area (Å²) in [6.45, 7) is 6.37. The number of carboxylic acid groups (broad SMARTS) is 1. The van der Waals surface area contributed by atoms with Crippen LogP contribution in [0.3, 0.4) is 0 Å². The molecule has 0 atom stereocenters. The van der Waals surface area contributed by atoms with Crippen molar-refractivity contribution in [3.63, 3.8) is 0 Å². The van der Waals surface area contributed by atoms with Crippen molar-refractivity contribution in [3.8, 4) is 22.9 Å². The molecule has 9 nitrogen and oxygen atoms in total. The number of hydrogen-bond acceptors (Lipinski definition) is 7. The monoisotopic (exact) mass is 462 g/mol. The van der Waals surface area contributed by atoms with Gasteiger partial charge in [0, 0.05) is 43.5 Å². The number of nitrogens with zero attached hydrogens (tertiary/aromatic N) is 5. The van der Waals surface area contributed by atoms with Crippen molar-refractivity contribution < 1.29 is 27.8 Å². The molecule has 0 unspecified atom stereocenters. The summed E-state index contributed by atoms with van der Waals surface area (Å²) in [6, 6.07) is 8.24. The minimum Gasteiger partial charge on any atom is -0.492 e. The molecule has 4 heterocycles. The van der Waals surface area contributed by atoms with Gasteiger partial charge in [-0.1, -0.05) is 0 Å². The summed E-state index contributed by atoms with van der Waals surface area (Å²) < 4.78 is 39.1. The summed E-state index contributed by atoms with van der Waals surface area (Å²) in [5.41, 5.74) is 3.14. The van der Waals surface area contributed by atoms with Gasteiger partial charge >= 0.3 is 12.1 Å². The van der Waals surface area contributed by atoms with Gasteiger partial charge in [0.25, 0.3) is 0 Å². The number of halogens is 3. The van der Waals surface area contributed by atoms with E-state index in [0.717, 1.165) is 48.6 Å². The molecule has 0 saturated carbocycles. The summed E-state index contributed by atoms with van der Waals surface area (Å²) in [4.78, 5) is 15.8. The van der Waals surface area contributed by atoms with Crippen LogP contribution in [0.25, 0.3) is 16.6 Å². The summed E-state index contributed by atoms with van der Waals surface area (Å²) in [7, 11) is 0. The van der Waals surface area contributed by atoms with Crippen molar-refractivity contribution in [2.24, 2.45) is 0 Å². The summed E-state index contributed by atoms with van der Waals surface area (Å²) in [5, 5.41) is 24.2. The molecule has 12 heteroatoms. The van der Waals surface area contributed by atoms with Gasteiger partial charge in [0.15, 0.2) is 0 Å². The van der Waals surface area contributed by atoms with Gasteiger partial charge in [0.2, 0.25) is 0 Å². The SMILES string of the molecule is CCOc1cc(-c2ccc(N3CCNCC3)nc2)c2c(C#N)cnn2c1.O=C(O)C(F)(F)F. The molecule has 4 rings (SSSR count). The average Bonchev–Trinajstić information content (AvgIpc) is 3.22. The van der Waals surface area contributed by atoms with Crippen LogP contribution in [0.5, 0.6) is 5.75 Å². The topological polar surface area (TPSA) is 116 Å². The molecule has 1 fully saturated rings. The van der Waals surface area contributed by atoms with Crippen LogP contribution in [0.15, 0.2) is 36.8 Å². The molecule has 3 aromatic heterocycles. The number of ether oxygens (including phenoxy) is 1. The Hall–Kier alpha value is -3.85. The number of carboxylic acids is 1. The summed E-state index contributed by atoms with van der Waals surface area (Å²) >= 11 is 0. The molecule has 0 spiro atoms. The van der Waals surface area contributed by atoms with E-state index in [0.29, 0.717) is 17.9 Å². The number of anilines is 1. The van der Waals surface area contributed by atoms with Crippen LogP contribution in [0.4, 0.5) is 19.0 Å². The van der Waals surface area contributed by atoms with Gasteiger partial charge in [-0.25, -0.2) is 14.3 Å². The Labute approximate surface area is 187 Å². The summed E-state index contributed by atoms with van der Waals surface area (Å²) in [6.07, 6.45) is 0.152. The van der Waals surface area contributed by atoms with E-state index in [-0.39, 0.29) is 0 Å². The third kappa shape index (κ3) is 5.69. The molecule has 174 valence electrons. The molecular formula is C21H21F3N6O3. The van der Waals surface area contributed by atoms with Crippen molar-refractivity contribution in [3.05, 3.63) is 42.4 Å². The fraction of sp³-hybridized carbons (Fsp3) is 0.333. The number of rotatable bonds is 4. The smallest absolute Gasteiger partial charge is 0.490 e. The van der Waals surface area contributed by atoms with Crippen LogP contribution in [-0.4, -0.2) is 64.6 Å². The first-order chi connectivity index (χ1) is 15.7. The second kappa shape index (κ2) is 10.2. The molecule has 1 aliphatic heterocycles. The first-order valence-corrected chi connectivity index (χ1v) is 10.0. The number of alkyl halides is 3. The number of nitrogens with one attached hydrogen (secondary N) is 1. The van der Waals surface area contributed by atoms with E-state index in [4.69, 9.17) is 14.6 Å². The Morgan fingerprint density at radius 2 is 2.00 bits per heavy atom. The van der Waals surface area contributed by atoms with Crippen LogP contribution < -0.4 is 15.0 Å². The molecule has 1 saturated heterocycles. The quantitative estimate of drug-likeness (QED) is 0.608. The van der Waals surface area contributed by atoms with Crippen molar-refractivity contribution >= 4 is 17.3 Å². The van der Waals surface area contributed by atoms with Gasteiger partial charge in [-0.15, -0.1) is 0 Å². The fourth-order valence-electron chi connectivity index (χ4n) is 3.27. The molecule has 2 N–H and O–H groups in total. The number of aromatic nitrogens is 3. The predicted molar refractivity (Wildman–Crippen MR) is 113 cm³/mol. The maximum absolute atomic E-state index is 10.6. The highest BCUT2D eigenvalue weighted by Crippen LogP contribution is 2.31. The number of hydrogen-bond donors (Lipinski definition) is 2. The van der Waals surface area contributed by atoms with E-state index < -0.39 is 12.1 Å². The Balaban J connectivity index is 0.000000383. The van der Waals surface area contributed by atoms with Gasteiger partial charge in [-0.05, 0) is 25.1 Å². The normalized spacial score (nSPS) is 13.7. The minimum absolute atomic E-state index is 0.536. The van der Waals surface area contributed by atoms with E-state index in [1.807, 2.05) is 31.3 Å². The van der Waals surface area contributed by atoms with Gasteiger partial charge in [0.05, 0.1) is 30.1 Å². The zero-order valence-corrected chi connectivity index (χ0v) is 17.6. The van der Waals surface area contributed by atoms with Crippen molar-refractivity contribution in [1.82, 2.24) is 19.9 Å². The lowest BCUT2D eigenvalue weighted by atomic mass is 10.1. The van der Waals surface area contributed by atoms with E-state index in [1.165, 1.54) is 0 Å². The molecule has 0 radical (unpaired) electrons. The van der Waals surface area contributed by atoms with E-state index in [1.54, 1.807) is 16.9 Å². The van der Waals surface area contributed by atoms with E-state index in [2.05, 4.69) is 26.4 Å². The number of nitriles is 1. The maximum Gasteiger partial charge on any atom is 0.490 e. The lowest BCUT2D eigenvalue weighted by Crippen LogP contribution is -2.43. The molecule has 0 amide bonds. The van der Waals surface area contributed by atoms with Crippen LogP contribution in [0, 0.1) is 11.3 Å². The zero-order chi connectivity index (χ0) is 24.0. The van der Waals surface area contributed by atoms with Crippen LogP contribution >= 0.6 is 0 Å². The third-order valence-electron chi connectivity index (χ3n) is 4.76. The Morgan fingerprint density at radius 1 is 1.30 bits per heavy atom. The third-order valence-corrected chi connectivity index (χ3v) is 4.76. The van der Waals surface area contributed by atoms with E-state index >= 15 is 0 Å². The largest absolute Gasteiger partial charge is 0.492 e. The Kier molecular flexibility index (Phi) is 7.34.